The molecule has 4 nitrogen and oxygen atoms in total. The molecular weight excluding hydrogens is 373 g/mol. The lowest BCUT2D eigenvalue weighted by Gasteiger charge is -2.34. The molecule has 0 spiro atoms. The number of hydrogen-bond acceptors (Lipinski definition) is 4. The number of rotatable bonds is 5. The van der Waals surface area contributed by atoms with Crippen molar-refractivity contribution in [3.05, 3.63) is 82.3 Å². The second kappa shape index (κ2) is 8.61. The summed E-state index contributed by atoms with van der Waals surface area (Å²) in [5, 5.41) is 3.17. The molecule has 0 aliphatic carbocycles. The second-order valence-corrected chi connectivity index (χ2v) is 8.07. The van der Waals surface area contributed by atoms with Crippen molar-refractivity contribution in [2.75, 3.05) is 13.1 Å². The first-order valence-corrected chi connectivity index (χ1v) is 10.4. The van der Waals surface area contributed by atoms with Crippen LogP contribution in [-0.2, 0) is 11.2 Å². The molecule has 28 heavy (non-hydrogen) atoms. The first-order valence-electron chi connectivity index (χ1n) is 9.53. The van der Waals surface area contributed by atoms with Crippen molar-refractivity contribution in [1.29, 1.82) is 0 Å². The number of likely N-dealkylation sites (tertiary alicyclic amines) is 1. The van der Waals surface area contributed by atoms with Crippen LogP contribution in [0.4, 0.5) is 4.39 Å². The van der Waals surface area contributed by atoms with Gasteiger partial charge in [0.05, 0.1) is 10.9 Å². The van der Waals surface area contributed by atoms with Gasteiger partial charge < -0.3 is 4.90 Å². The third-order valence-corrected chi connectivity index (χ3v) is 6.28. The van der Waals surface area contributed by atoms with Gasteiger partial charge in [-0.2, -0.15) is 0 Å². The number of thiazole rings is 1. The van der Waals surface area contributed by atoms with E-state index in [1.807, 2.05) is 28.6 Å². The largest absolute Gasteiger partial charge is 0.342 e. The summed E-state index contributed by atoms with van der Waals surface area (Å²) in [5.74, 6) is -0.0819. The van der Waals surface area contributed by atoms with E-state index < -0.39 is 0 Å². The normalized spacial score (nSPS) is 16.1. The van der Waals surface area contributed by atoms with E-state index in [1.54, 1.807) is 35.9 Å². The number of pyridine rings is 1. The van der Waals surface area contributed by atoms with Crippen molar-refractivity contribution in [2.45, 2.75) is 31.1 Å². The van der Waals surface area contributed by atoms with Crippen molar-refractivity contribution in [3.63, 3.8) is 0 Å². The number of amides is 1. The number of piperidine rings is 1. The van der Waals surface area contributed by atoms with Crippen LogP contribution in [0.15, 0.2) is 60.4 Å². The zero-order valence-corrected chi connectivity index (χ0v) is 16.3. The van der Waals surface area contributed by atoms with Crippen LogP contribution in [0.5, 0.6) is 0 Å². The summed E-state index contributed by atoms with van der Waals surface area (Å²) in [6.07, 6.45) is 7.78. The number of benzene rings is 1. The van der Waals surface area contributed by atoms with Gasteiger partial charge in [-0.25, -0.2) is 9.37 Å². The molecule has 1 unspecified atom stereocenters. The molecule has 1 amide bonds. The molecule has 3 aromatic rings. The molecule has 0 saturated carbocycles. The zero-order chi connectivity index (χ0) is 19.3. The van der Waals surface area contributed by atoms with Gasteiger partial charge in [-0.05, 0) is 48.6 Å². The Morgan fingerprint density at radius 1 is 1.18 bits per heavy atom. The SMILES string of the molecule is O=C(C(Cc1cccnc1)c1ccc(F)cc1)N1CCC(c2nccs2)CC1. The maximum atomic E-state index is 13.4. The minimum absolute atomic E-state index is 0.105. The van der Waals surface area contributed by atoms with E-state index in [-0.39, 0.29) is 17.6 Å². The first kappa shape index (κ1) is 18.7. The minimum Gasteiger partial charge on any atom is -0.342 e. The molecule has 1 fully saturated rings. The molecule has 1 aliphatic heterocycles. The summed E-state index contributed by atoms with van der Waals surface area (Å²) in [6, 6.07) is 10.1. The summed E-state index contributed by atoms with van der Waals surface area (Å²) in [5.41, 5.74) is 1.85. The number of carbonyl (C=O) groups excluding carboxylic acids is 1. The quantitative estimate of drug-likeness (QED) is 0.643. The number of nitrogens with zero attached hydrogens (tertiary/aromatic N) is 3. The fourth-order valence-corrected chi connectivity index (χ4v) is 4.61. The monoisotopic (exact) mass is 395 g/mol. The average Bonchev–Trinajstić information content (AvgIpc) is 3.28. The molecule has 3 heterocycles. The Morgan fingerprint density at radius 2 is 1.96 bits per heavy atom. The highest BCUT2D eigenvalue weighted by Gasteiger charge is 2.30. The standard InChI is InChI=1S/C22H22FN3OS/c23-19-5-3-17(4-6-19)20(14-16-2-1-9-24-15-16)22(27)26-11-7-18(8-12-26)21-25-10-13-28-21/h1-6,9-10,13,15,18,20H,7-8,11-12,14H2. The molecule has 0 radical (unpaired) electrons. The van der Waals surface area contributed by atoms with Crippen LogP contribution >= 0.6 is 11.3 Å². The Balaban J connectivity index is 1.51. The summed E-state index contributed by atoms with van der Waals surface area (Å²) in [7, 11) is 0. The molecule has 144 valence electrons. The highest BCUT2D eigenvalue weighted by atomic mass is 32.1. The van der Waals surface area contributed by atoms with Crippen molar-refractivity contribution in [1.82, 2.24) is 14.9 Å². The topological polar surface area (TPSA) is 46.1 Å². The summed E-state index contributed by atoms with van der Waals surface area (Å²) in [4.78, 5) is 23.9. The molecule has 0 N–H and O–H groups in total. The van der Waals surface area contributed by atoms with Crippen LogP contribution in [-0.4, -0.2) is 33.9 Å². The van der Waals surface area contributed by atoms with Gasteiger partial charge in [-0.3, -0.25) is 9.78 Å². The van der Waals surface area contributed by atoms with Crippen molar-refractivity contribution >= 4 is 17.2 Å². The predicted octanol–water partition coefficient (Wildman–Crippen LogP) is 4.41. The maximum Gasteiger partial charge on any atom is 0.230 e. The van der Waals surface area contributed by atoms with Gasteiger partial charge in [0, 0.05) is 43.0 Å². The van der Waals surface area contributed by atoms with Crippen LogP contribution in [0.2, 0.25) is 0 Å². The number of halogens is 1. The molecule has 4 rings (SSSR count). The van der Waals surface area contributed by atoms with Crippen LogP contribution in [0.1, 0.15) is 40.8 Å². The number of aromatic nitrogens is 2. The highest BCUT2D eigenvalue weighted by molar-refractivity contribution is 7.09. The van der Waals surface area contributed by atoms with E-state index in [1.165, 1.54) is 12.1 Å². The Bertz CT molecular complexity index is 891. The van der Waals surface area contributed by atoms with Crippen LogP contribution < -0.4 is 0 Å². The number of hydrogen-bond donors (Lipinski definition) is 0. The molecule has 1 aromatic carbocycles. The third-order valence-electron chi connectivity index (χ3n) is 5.34. The van der Waals surface area contributed by atoms with E-state index in [4.69, 9.17) is 0 Å². The van der Waals surface area contributed by atoms with Crippen molar-refractivity contribution in [2.24, 2.45) is 0 Å². The molecule has 6 heteroatoms. The van der Waals surface area contributed by atoms with Gasteiger partial charge >= 0.3 is 0 Å². The first-order chi connectivity index (χ1) is 13.7. The molecule has 1 atom stereocenters. The van der Waals surface area contributed by atoms with Crippen LogP contribution in [0.25, 0.3) is 0 Å². The highest BCUT2D eigenvalue weighted by Crippen LogP contribution is 2.31. The summed E-state index contributed by atoms with van der Waals surface area (Å²) < 4.78 is 13.4. The fraction of sp³-hybridized carbons (Fsp3) is 0.318. The molecule has 0 bridgehead atoms. The van der Waals surface area contributed by atoms with Crippen molar-refractivity contribution in [3.8, 4) is 0 Å². The Morgan fingerprint density at radius 3 is 2.61 bits per heavy atom. The number of carbonyl (C=O) groups is 1. The maximum absolute atomic E-state index is 13.4. The lowest BCUT2D eigenvalue weighted by molar-refractivity contribution is -0.133. The van der Waals surface area contributed by atoms with E-state index in [9.17, 15) is 9.18 Å². The molecule has 1 saturated heterocycles. The summed E-state index contributed by atoms with van der Waals surface area (Å²) in [6.45, 7) is 1.46. The summed E-state index contributed by atoms with van der Waals surface area (Å²) >= 11 is 1.69. The lowest BCUT2D eigenvalue weighted by Crippen LogP contribution is -2.41. The van der Waals surface area contributed by atoms with Crippen LogP contribution in [0.3, 0.4) is 0 Å². The lowest BCUT2D eigenvalue weighted by atomic mass is 9.89. The minimum atomic E-state index is -0.332. The van der Waals surface area contributed by atoms with Gasteiger partial charge in [0.2, 0.25) is 5.91 Å². The van der Waals surface area contributed by atoms with E-state index in [0.29, 0.717) is 12.3 Å². The Labute approximate surface area is 168 Å². The third kappa shape index (κ3) is 4.28. The van der Waals surface area contributed by atoms with Gasteiger partial charge in [0.15, 0.2) is 0 Å². The molecule has 2 aromatic heterocycles. The van der Waals surface area contributed by atoms with Gasteiger partial charge in [0.1, 0.15) is 5.82 Å². The van der Waals surface area contributed by atoms with Crippen molar-refractivity contribution < 1.29 is 9.18 Å². The molecular formula is C22H22FN3OS. The zero-order valence-electron chi connectivity index (χ0n) is 15.5. The van der Waals surface area contributed by atoms with Gasteiger partial charge in [-0.1, -0.05) is 18.2 Å². The van der Waals surface area contributed by atoms with E-state index >= 15 is 0 Å². The average molecular weight is 396 g/mol. The molecule has 1 aliphatic rings. The van der Waals surface area contributed by atoms with Gasteiger partial charge in [0.25, 0.3) is 0 Å². The smallest absolute Gasteiger partial charge is 0.230 e. The Kier molecular flexibility index (Phi) is 5.76. The van der Waals surface area contributed by atoms with Crippen LogP contribution in [0, 0.1) is 5.82 Å². The Hall–Kier alpha value is -2.60. The predicted molar refractivity (Wildman–Crippen MR) is 108 cm³/mol. The van der Waals surface area contributed by atoms with E-state index in [0.717, 1.165) is 42.1 Å². The van der Waals surface area contributed by atoms with Gasteiger partial charge in [-0.15, -0.1) is 11.3 Å². The van der Waals surface area contributed by atoms with E-state index in [2.05, 4.69) is 9.97 Å². The second-order valence-electron chi connectivity index (χ2n) is 7.14. The fourth-order valence-electron chi connectivity index (χ4n) is 3.80.